The van der Waals surface area contributed by atoms with Gasteiger partial charge >= 0.3 is 0 Å². The number of rotatable bonds is 5. The van der Waals surface area contributed by atoms with Crippen LogP contribution in [0.15, 0.2) is 28.9 Å². The second kappa shape index (κ2) is 5.96. The van der Waals surface area contributed by atoms with E-state index in [4.69, 9.17) is 4.42 Å². The van der Waals surface area contributed by atoms with Gasteiger partial charge in [0, 0.05) is 44.7 Å². The summed E-state index contributed by atoms with van der Waals surface area (Å²) >= 11 is 0. The molecule has 2 atom stereocenters. The summed E-state index contributed by atoms with van der Waals surface area (Å²) < 4.78 is 7.33. The van der Waals surface area contributed by atoms with Crippen LogP contribution in [-0.4, -0.2) is 34.2 Å². The summed E-state index contributed by atoms with van der Waals surface area (Å²) in [7, 11) is 3.77. The maximum Gasteiger partial charge on any atom is 0.223 e. The number of aromatic nitrogens is 2. The van der Waals surface area contributed by atoms with Gasteiger partial charge in [-0.15, -0.1) is 0 Å². The molecular formula is C16H22N4O2. The molecule has 2 aromatic heterocycles. The fourth-order valence-corrected chi connectivity index (χ4v) is 3.18. The average Bonchev–Trinajstić information content (AvgIpc) is 3.13. The number of likely N-dealkylation sites (tertiary alicyclic amines) is 1. The van der Waals surface area contributed by atoms with Gasteiger partial charge in [0.15, 0.2) is 0 Å². The molecular weight excluding hydrogens is 280 g/mol. The standard InChI is InChI=1S/C16H22N4O2/c1-11-4-5-14(22-11)9-17-7-12-6-15(21)20(3)16(12)13-8-18-19(2)10-13/h4-5,8,10,12,16-17H,6-7,9H2,1-3H3/t12-,16+/m0/s1. The topological polar surface area (TPSA) is 63.3 Å². The molecule has 0 bridgehead atoms. The maximum atomic E-state index is 12.1. The number of amides is 1. The minimum atomic E-state index is 0.0898. The third-order valence-corrected chi connectivity index (χ3v) is 4.26. The molecule has 0 unspecified atom stereocenters. The van der Waals surface area contributed by atoms with Crippen molar-refractivity contribution in [3.05, 3.63) is 41.6 Å². The Hall–Kier alpha value is -2.08. The number of hydrogen-bond acceptors (Lipinski definition) is 4. The van der Waals surface area contributed by atoms with Crippen molar-refractivity contribution < 1.29 is 9.21 Å². The first-order valence-electron chi connectivity index (χ1n) is 7.55. The molecule has 1 N–H and O–H groups in total. The van der Waals surface area contributed by atoms with Crippen molar-refractivity contribution in [1.29, 1.82) is 0 Å². The second-order valence-electron chi connectivity index (χ2n) is 6.00. The van der Waals surface area contributed by atoms with Crippen molar-refractivity contribution >= 4 is 5.91 Å². The third kappa shape index (κ3) is 2.92. The highest BCUT2D eigenvalue weighted by Crippen LogP contribution is 2.36. The Morgan fingerprint density at radius 2 is 2.23 bits per heavy atom. The van der Waals surface area contributed by atoms with Crippen molar-refractivity contribution in [1.82, 2.24) is 20.0 Å². The summed E-state index contributed by atoms with van der Waals surface area (Å²) in [5.41, 5.74) is 1.09. The molecule has 1 fully saturated rings. The van der Waals surface area contributed by atoms with Gasteiger partial charge in [0.05, 0.1) is 18.8 Å². The number of carbonyl (C=O) groups excluding carboxylic acids is 1. The molecule has 0 spiro atoms. The lowest BCUT2D eigenvalue weighted by Gasteiger charge is -2.24. The lowest BCUT2D eigenvalue weighted by atomic mass is 9.96. The van der Waals surface area contributed by atoms with Crippen LogP contribution in [0.1, 0.15) is 29.5 Å². The van der Waals surface area contributed by atoms with Gasteiger partial charge in [0.25, 0.3) is 0 Å². The van der Waals surface area contributed by atoms with Crippen LogP contribution >= 0.6 is 0 Å². The summed E-state index contributed by atoms with van der Waals surface area (Å²) in [6.45, 7) is 3.39. The predicted octanol–water partition coefficient (Wildman–Crippen LogP) is 1.63. The van der Waals surface area contributed by atoms with E-state index in [9.17, 15) is 4.79 Å². The highest BCUT2D eigenvalue weighted by Gasteiger charge is 2.38. The van der Waals surface area contributed by atoms with E-state index in [2.05, 4.69) is 10.4 Å². The molecule has 0 saturated carbocycles. The van der Waals surface area contributed by atoms with Gasteiger partial charge in [-0.25, -0.2) is 0 Å². The molecule has 118 valence electrons. The molecule has 0 radical (unpaired) electrons. The minimum absolute atomic E-state index is 0.0898. The summed E-state index contributed by atoms with van der Waals surface area (Å²) in [5.74, 6) is 2.28. The van der Waals surface area contributed by atoms with E-state index in [-0.39, 0.29) is 17.9 Å². The summed E-state index contributed by atoms with van der Waals surface area (Å²) in [6.07, 6.45) is 4.41. The average molecular weight is 302 g/mol. The molecule has 6 nitrogen and oxygen atoms in total. The Morgan fingerprint density at radius 3 is 2.86 bits per heavy atom. The Kier molecular flexibility index (Phi) is 4.02. The first-order valence-corrected chi connectivity index (χ1v) is 7.55. The molecule has 0 aliphatic carbocycles. The maximum absolute atomic E-state index is 12.1. The molecule has 6 heteroatoms. The number of hydrogen-bond donors (Lipinski definition) is 1. The van der Waals surface area contributed by atoms with Gasteiger partial charge < -0.3 is 14.6 Å². The zero-order valence-electron chi connectivity index (χ0n) is 13.2. The monoisotopic (exact) mass is 302 g/mol. The lowest BCUT2D eigenvalue weighted by molar-refractivity contribution is -0.127. The summed E-state index contributed by atoms with van der Waals surface area (Å²) in [5, 5.41) is 7.63. The lowest BCUT2D eigenvalue weighted by Crippen LogP contribution is -2.28. The van der Waals surface area contributed by atoms with Crippen molar-refractivity contribution in [2.75, 3.05) is 13.6 Å². The van der Waals surface area contributed by atoms with Crippen LogP contribution in [0.3, 0.4) is 0 Å². The second-order valence-corrected chi connectivity index (χ2v) is 6.00. The zero-order valence-corrected chi connectivity index (χ0v) is 13.2. The Bertz CT molecular complexity index is 661. The van der Waals surface area contributed by atoms with E-state index < -0.39 is 0 Å². The first-order chi connectivity index (χ1) is 10.5. The van der Waals surface area contributed by atoms with E-state index >= 15 is 0 Å². The van der Waals surface area contributed by atoms with Gasteiger partial charge in [-0.05, 0) is 19.1 Å². The highest BCUT2D eigenvalue weighted by atomic mass is 16.3. The Balaban J connectivity index is 1.64. The minimum Gasteiger partial charge on any atom is -0.465 e. The van der Waals surface area contributed by atoms with Gasteiger partial charge in [0.2, 0.25) is 5.91 Å². The normalized spacial score (nSPS) is 21.8. The van der Waals surface area contributed by atoms with Gasteiger partial charge in [-0.1, -0.05) is 0 Å². The van der Waals surface area contributed by atoms with Crippen molar-refractivity contribution in [3.8, 4) is 0 Å². The predicted molar refractivity (Wildman–Crippen MR) is 82.0 cm³/mol. The smallest absolute Gasteiger partial charge is 0.223 e. The Labute approximate surface area is 130 Å². The van der Waals surface area contributed by atoms with Crippen LogP contribution in [0.4, 0.5) is 0 Å². The van der Waals surface area contributed by atoms with Crippen molar-refractivity contribution in [2.45, 2.75) is 25.9 Å². The van der Waals surface area contributed by atoms with E-state index in [0.717, 1.165) is 23.6 Å². The van der Waals surface area contributed by atoms with Crippen molar-refractivity contribution in [3.63, 3.8) is 0 Å². The van der Waals surface area contributed by atoms with E-state index in [0.29, 0.717) is 13.0 Å². The molecule has 1 amide bonds. The third-order valence-electron chi connectivity index (χ3n) is 4.26. The SMILES string of the molecule is Cc1ccc(CNC[C@@H]2CC(=O)N(C)[C@H]2c2cnn(C)c2)o1. The number of furan rings is 1. The van der Waals surface area contributed by atoms with E-state index in [1.807, 2.05) is 50.4 Å². The van der Waals surface area contributed by atoms with Crippen LogP contribution in [-0.2, 0) is 18.4 Å². The van der Waals surface area contributed by atoms with E-state index in [1.54, 1.807) is 4.68 Å². The number of carbonyl (C=O) groups is 1. The molecule has 1 saturated heterocycles. The van der Waals surface area contributed by atoms with Crippen molar-refractivity contribution in [2.24, 2.45) is 13.0 Å². The molecule has 1 aliphatic heterocycles. The van der Waals surface area contributed by atoms with Crippen LogP contribution in [0, 0.1) is 12.8 Å². The first kappa shape index (κ1) is 14.8. The fourth-order valence-electron chi connectivity index (χ4n) is 3.18. The quantitative estimate of drug-likeness (QED) is 0.912. The van der Waals surface area contributed by atoms with Crippen LogP contribution in [0.2, 0.25) is 0 Å². The molecule has 0 aromatic carbocycles. The summed E-state index contributed by atoms with van der Waals surface area (Å²) in [6, 6.07) is 4.03. The molecule has 1 aliphatic rings. The highest BCUT2D eigenvalue weighted by molar-refractivity contribution is 5.79. The molecule has 22 heavy (non-hydrogen) atoms. The van der Waals surface area contributed by atoms with Gasteiger partial charge in [-0.2, -0.15) is 5.10 Å². The van der Waals surface area contributed by atoms with Crippen LogP contribution in [0.5, 0.6) is 0 Å². The summed E-state index contributed by atoms with van der Waals surface area (Å²) in [4.78, 5) is 13.9. The van der Waals surface area contributed by atoms with Crippen LogP contribution < -0.4 is 5.32 Å². The Morgan fingerprint density at radius 1 is 1.41 bits per heavy atom. The number of nitrogens with zero attached hydrogens (tertiary/aromatic N) is 3. The fraction of sp³-hybridized carbons (Fsp3) is 0.500. The van der Waals surface area contributed by atoms with E-state index in [1.165, 1.54) is 0 Å². The largest absolute Gasteiger partial charge is 0.465 e. The van der Waals surface area contributed by atoms with Crippen LogP contribution in [0.25, 0.3) is 0 Å². The molecule has 3 heterocycles. The molecule has 3 rings (SSSR count). The number of aryl methyl sites for hydroxylation is 2. The molecule has 2 aromatic rings. The number of nitrogens with one attached hydrogen (secondary N) is 1. The zero-order chi connectivity index (χ0) is 15.7. The van der Waals surface area contributed by atoms with Gasteiger partial charge in [0.1, 0.15) is 11.5 Å². The van der Waals surface area contributed by atoms with Gasteiger partial charge in [-0.3, -0.25) is 9.48 Å².